The van der Waals surface area contributed by atoms with Gasteiger partial charge >= 0.3 is 0 Å². The molecular formula is C11H16ClN3O2S. The van der Waals surface area contributed by atoms with Crippen LogP contribution in [-0.4, -0.2) is 42.0 Å². The van der Waals surface area contributed by atoms with Crippen LogP contribution in [0.15, 0.2) is 12.4 Å². The zero-order valence-electron chi connectivity index (χ0n) is 10.2. The smallest absolute Gasteiger partial charge is 0.211 e. The SMILES string of the molecule is CS(=O)(=O)N1CCCC(Cc2nccnc2Cl)C1. The summed E-state index contributed by atoms with van der Waals surface area (Å²) in [6, 6.07) is 0. The van der Waals surface area contributed by atoms with Crippen LogP contribution in [0.1, 0.15) is 18.5 Å². The van der Waals surface area contributed by atoms with Crippen molar-refractivity contribution in [2.75, 3.05) is 19.3 Å². The van der Waals surface area contributed by atoms with Gasteiger partial charge in [0.05, 0.1) is 11.9 Å². The van der Waals surface area contributed by atoms with E-state index in [0.29, 0.717) is 24.7 Å². The average Bonchev–Trinajstić information content (AvgIpc) is 2.31. The van der Waals surface area contributed by atoms with Crippen molar-refractivity contribution in [3.63, 3.8) is 0 Å². The van der Waals surface area contributed by atoms with Gasteiger partial charge in [-0.25, -0.2) is 17.7 Å². The first-order valence-corrected chi connectivity index (χ1v) is 8.10. The van der Waals surface area contributed by atoms with E-state index in [4.69, 9.17) is 11.6 Å². The molecule has 2 rings (SSSR count). The van der Waals surface area contributed by atoms with E-state index < -0.39 is 10.0 Å². The van der Waals surface area contributed by atoms with Gasteiger partial charge in [0.1, 0.15) is 5.15 Å². The zero-order chi connectivity index (χ0) is 13.2. The monoisotopic (exact) mass is 289 g/mol. The predicted molar refractivity (Wildman–Crippen MR) is 69.9 cm³/mol. The highest BCUT2D eigenvalue weighted by Gasteiger charge is 2.26. The van der Waals surface area contributed by atoms with Crippen LogP contribution in [0, 0.1) is 5.92 Å². The lowest BCUT2D eigenvalue weighted by Gasteiger charge is -2.30. The fourth-order valence-electron chi connectivity index (χ4n) is 2.25. The Kier molecular flexibility index (Phi) is 4.19. The van der Waals surface area contributed by atoms with Crippen LogP contribution in [0.25, 0.3) is 0 Å². The molecule has 1 unspecified atom stereocenters. The van der Waals surface area contributed by atoms with Crippen molar-refractivity contribution in [3.8, 4) is 0 Å². The van der Waals surface area contributed by atoms with E-state index >= 15 is 0 Å². The Balaban J connectivity index is 2.05. The summed E-state index contributed by atoms with van der Waals surface area (Å²) in [4.78, 5) is 8.18. The summed E-state index contributed by atoms with van der Waals surface area (Å²) in [7, 11) is -3.10. The van der Waals surface area contributed by atoms with Crippen molar-refractivity contribution in [1.29, 1.82) is 0 Å². The van der Waals surface area contributed by atoms with Gasteiger partial charge in [-0.15, -0.1) is 0 Å². The van der Waals surface area contributed by atoms with Crippen LogP contribution >= 0.6 is 11.6 Å². The Hall–Kier alpha value is -0.720. The molecule has 1 aromatic heterocycles. The van der Waals surface area contributed by atoms with Gasteiger partial charge in [-0.3, -0.25) is 4.98 Å². The van der Waals surface area contributed by atoms with Gasteiger partial charge in [-0.05, 0) is 25.2 Å². The standard InChI is InChI=1S/C11H16ClN3O2S/c1-18(16,17)15-6-2-3-9(8-15)7-10-11(12)14-5-4-13-10/h4-5,9H,2-3,6-8H2,1H3. The molecule has 7 heteroatoms. The van der Waals surface area contributed by atoms with Crippen molar-refractivity contribution in [2.24, 2.45) is 5.92 Å². The van der Waals surface area contributed by atoms with E-state index in [1.807, 2.05) is 0 Å². The Labute approximate surface area is 112 Å². The molecule has 0 saturated carbocycles. The van der Waals surface area contributed by atoms with Crippen LogP contribution in [0.2, 0.25) is 5.15 Å². The highest BCUT2D eigenvalue weighted by molar-refractivity contribution is 7.88. The maximum atomic E-state index is 11.5. The normalized spacial score (nSPS) is 22.0. The summed E-state index contributed by atoms with van der Waals surface area (Å²) < 4.78 is 24.6. The van der Waals surface area contributed by atoms with Crippen LogP contribution in [0.4, 0.5) is 0 Å². The van der Waals surface area contributed by atoms with Gasteiger partial charge in [0.15, 0.2) is 0 Å². The molecule has 0 aliphatic carbocycles. The molecule has 5 nitrogen and oxygen atoms in total. The minimum Gasteiger partial charge on any atom is -0.256 e. The quantitative estimate of drug-likeness (QED) is 0.842. The maximum absolute atomic E-state index is 11.5. The van der Waals surface area contributed by atoms with E-state index in [1.54, 1.807) is 12.4 Å². The lowest BCUT2D eigenvalue weighted by Crippen LogP contribution is -2.39. The average molecular weight is 290 g/mol. The Bertz CT molecular complexity index is 521. The van der Waals surface area contributed by atoms with E-state index in [1.165, 1.54) is 10.6 Å². The summed E-state index contributed by atoms with van der Waals surface area (Å²) in [5.74, 6) is 0.266. The molecule has 0 spiro atoms. The van der Waals surface area contributed by atoms with E-state index in [0.717, 1.165) is 18.5 Å². The number of nitrogens with zero attached hydrogens (tertiary/aromatic N) is 3. The first-order valence-electron chi connectivity index (χ1n) is 5.87. The number of sulfonamides is 1. The lowest BCUT2D eigenvalue weighted by molar-refractivity contribution is 0.265. The summed E-state index contributed by atoms with van der Waals surface area (Å²) >= 11 is 5.96. The largest absolute Gasteiger partial charge is 0.256 e. The van der Waals surface area contributed by atoms with Gasteiger partial charge in [0, 0.05) is 25.5 Å². The first kappa shape index (κ1) is 13.7. The second-order valence-corrected chi connectivity index (χ2v) is 6.97. The van der Waals surface area contributed by atoms with Gasteiger partial charge in [0.2, 0.25) is 10.0 Å². The number of aromatic nitrogens is 2. The molecule has 1 atom stereocenters. The molecule has 0 N–H and O–H groups in total. The van der Waals surface area contributed by atoms with Crippen molar-refractivity contribution in [3.05, 3.63) is 23.2 Å². The molecule has 0 radical (unpaired) electrons. The predicted octanol–water partition coefficient (Wildman–Crippen LogP) is 1.34. The third-order valence-electron chi connectivity index (χ3n) is 3.16. The van der Waals surface area contributed by atoms with E-state index in [-0.39, 0.29) is 5.92 Å². The van der Waals surface area contributed by atoms with Crippen molar-refractivity contribution in [2.45, 2.75) is 19.3 Å². The van der Waals surface area contributed by atoms with Gasteiger partial charge < -0.3 is 0 Å². The number of halogens is 1. The highest BCUT2D eigenvalue weighted by Crippen LogP contribution is 2.23. The number of rotatable bonds is 3. The molecule has 1 aromatic rings. The van der Waals surface area contributed by atoms with Crippen molar-refractivity contribution < 1.29 is 8.42 Å². The number of hydrogen-bond donors (Lipinski definition) is 0. The Morgan fingerprint density at radius 1 is 1.44 bits per heavy atom. The molecule has 1 aliphatic heterocycles. The summed E-state index contributed by atoms with van der Waals surface area (Å²) in [5.41, 5.74) is 0.750. The number of piperidine rings is 1. The topological polar surface area (TPSA) is 63.2 Å². The molecule has 1 saturated heterocycles. The van der Waals surface area contributed by atoms with Crippen molar-refractivity contribution >= 4 is 21.6 Å². The molecule has 0 bridgehead atoms. The van der Waals surface area contributed by atoms with Gasteiger partial charge in [0.25, 0.3) is 0 Å². The molecule has 0 amide bonds. The van der Waals surface area contributed by atoms with Crippen LogP contribution in [0.3, 0.4) is 0 Å². The third kappa shape index (κ3) is 3.40. The van der Waals surface area contributed by atoms with Crippen LogP contribution in [-0.2, 0) is 16.4 Å². The van der Waals surface area contributed by atoms with Gasteiger partial charge in [-0.2, -0.15) is 0 Å². The summed E-state index contributed by atoms with van der Waals surface area (Å²) in [5, 5.41) is 0.411. The van der Waals surface area contributed by atoms with Crippen LogP contribution in [0.5, 0.6) is 0 Å². The molecule has 100 valence electrons. The van der Waals surface area contributed by atoms with Crippen molar-refractivity contribution in [1.82, 2.24) is 14.3 Å². The molecule has 1 aliphatic rings. The molecule has 0 aromatic carbocycles. The highest BCUT2D eigenvalue weighted by atomic mass is 35.5. The molecular weight excluding hydrogens is 274 g/mol. The number of hydrogen-bond acceptors (Lipinski definition) is 4. The Morgan fingerprint density at radius 2 is 2.17 bits per heavy atom. The third-order valence-corrected chi connectivity index (χ3v) is 4.74. The van der Waals surface area contributed by atoms with Gasteiger partial charge in [-0.1, -0.05) is 11.6 Å². The van der Waals surface area contributed by atoms with E-state index in [9.17, 15) is 8.42 Å². The molecule has 1 fully saturated rings. The Morgan fingerprint density at radius 3 is 2.83 bits per heavy atom. The fourth-order valence-corrected chi connectivity index (χ4v) is 3.38. The van der Waals surface area contributed by atoms with Crippen LogP contribution < -0.4 is 0 Å². The minimum atomic E-state index is -3.10. The molecule has 2 heterocycles. The lowest BCUT2D eigenvalue weighted by atomic mass is 9.95. The second-order valence-electron chi connectivity index (χ2n) is 4.63. The minimum absolute atomic E-state index is 0.266. The summed E-state index contributed by atoms with van der Waals surface area (Å²) in [6.07, 6.45) is 6.98. The van der Waals surface area contributed by atoms with E-state index in [2.05, 4.69) is 9.97 Å². The second kappa shape index (κ2) is 5.50. The maximum Gasteiger partial charge on any atom is 0.211 e. The summed E-state index contributed by atoms with van der Waals surface area (Å²) in [6.45, 7) is 1.16. The zero-order valence-corrected chi connectivity index (χ0v) is 11.8. The fraction of sp³-hybridized carbons (Fsp3) is 0.636. The molecule has 18 heavy (non-hydrogen) atoms. The first-order chi connectivity index (χ1) is 8.47.